The Balaban J connectivity index is 3.18. The molecule has 1 atom stereocenters. The molecule has 0 saturated carbocycles. The minimum absolute atomic E-state index is 0.157. The lowest BCUT2D eigenvalue weighted by Gasteiger charge is -2.13. The second kappa shape index (κ2) is 7.32. The zero-order valence-electron chi connectivity index (χ0n) is 13.4. The van der Waals surface area contributed by atoms with Crippen molar-refractivity contribution in [1.82, 2.24) is 0 Å². The van der Waals surface area contributed by atoms with Gasteiger partial charge in [-0.05, 0) is 33.3 Å². The normalized spacial score (nSPS) is 12.0. The van der Waals surface area contributed by atoms with Crippen LogP contribution in [0.5, 0.6) is 0 Å². The first kappa shape index (κ1) is 18.1. The quantitative estimate of drug-likeness (QED) is 0.643. The number of nitrogens with one attached hydrogen (secondary N) is 1. The van der Waals surface area contributed by atoms with Crippen LogP contribution in [0.15, 0.2) is 6.07 Å². The van der Waals surface area contributed by atoms with Crippen LogP contribution in [-0.2, 0) is 9.53 Å². The minimum Gasteiger partial charge on any atom is -0.480 e. The Bertz CT molecular complexity index is 616. The van der Waals surface area contributed by atoms with Crippen molar-refractivity contribution in [2.24, 2.45) is 5.41 Å². The van der Waals surface area contributed by atoms with Gasteiger partial charge in [0.1, 0.15) is 10.9 Å². The number of rotatable bonds is 5. The van der Waals surface area contributed by atoms with Gasteiger partial charge in [0.05, 0.1) is 17.7 Å². The van der Waals surface area contributed by atoms with Gasteiger partial charge >= 0.3 is 11.9 Å². The van der Waals surface area contributed by atoms with Gasteiger partial charge in [0.15, 0.2) is 0 Å². The third kappa shape index (κ3) is 5.08. The van der Waals surface area contributed by atoms with Crippen LogP contribution in [0.4, 0.5) is 5.69 Å². The number of carbonyl (C=O) groups is 2. The highest BCUT2D eigenvalue weighted by Gasteiger charge is 2.21. The summed E-state index contributed by atoms with van der Waals surface area (Å²) in [4.78, 5) is 24.0. The maximum absolute atomic E-state index is 11.8. The van der Waals surface area contributed by atoms with Crippen molar-refractivity contribution in [3.63, 3.8) is 0 Å². The Morgan fingerprint density at radius 2 is 2.09 bits per heavy atom. The standard InChI is InChI=1S/C16H21NO4S/c1-6-11(14(18)19)17-12-9-10(7-8-16(2,3)4)22-13(12)15(20)21-5/h9,11,17H,6H2,1-5H3,(H,18,19). The van der Waals surface area contributed by atoms with E-state index < -0.39 is 18.0 Å². The van der Waals surface area contributed by atoms with Crippen molar-refractivity contribution >= 4 is 29.0 Å². The van der Waals surface area contributed by atoms with Crippen LogP contribution in [0.25, 0.3) is 0 Å². The van der Waals surface area contributed by atoms with Crippen molar-refractivity contribution in [1.29, 1.82) is 0 Å². The molecule has 6 heteroatoms. The van der Waals surface area contributed by atoms with E-state index in [2.05, 4.69) is 17.2 Å². The summed E-state index contributed by atoms with van der Waals surface area (Å²) in [6.45, 7) is 7.73. The number of esters is 1. The van der Waals surface area contributed by atoms with Gasteiger partial charge in [-0.1, -0.05) is 18.8 Å². The molecule has 0 aliphatic rings. The van der Waals surface area contributed by atoms with Gasteiger partial charge in [-0.2, -0.15) is 0 Å². The number of carbonyl (C=O) groups excluding carboxylic acids is 1. The molecule has 0 saturated heterocycles. The Morgan fingerprint density at radius 1 is 1.45 bits per heavy atom. The van der Waals surface area contributed by atoms with Crippen molar-refractivity contribution in [3.05, 3.63) is 15.8 Å². The molecule has 0 bridgehead atoms. The molecular weight excluding hydrogens is 302 g/mol. The van der Waals surface area contributed by atoms with E-state index >= 15 is 0 Å². The Morgan fingerprint density at radius 3 is 2.55 bits per heavy atom. The van der Waals surface area contributed by atoms with Gasteiger partial charge in [-0.15, -0.1) is 11.3 Å². The average Bonchev–Trinajstić information content (AvgIpc) is 2.83. The summed E-state index contributed by atoms with van der Waals surface area (Å²) in [6, 6.07) is 0.933. The van der Waals surface area contributed by atoms with Crippen LogP contribution < -0.4 is 5.32 Å². The summed E-state index contributed by atoms with van der Waals surface area (Å²) < 4.78 is 4.75. The zero-order valence-corrected chi connectivity index (χ0v) is 14.3. The molecule has 1 heterocycles. The summed E-state index contributed by atoms with van der Waals surface area (Å²) >= 11 is 1.19. The van der Waals surface area contributed by atoms with Crippen LogP contribution >= 0.6 is 11.3 Å². The molecule has 0 aromatic carbocycles. The minimum atomic E-state index is -0.966. The molecule has 0 spiro atoms. The number of aliphatic carboxylic acids is 1. The number of hydrogen-bond acceptors (Lipinski definition) is 5. The van der Waals surface area contributed by atoms with Gasteiger partial charge in [0.2, 0.25) is 0 Å². The van der Waals surface area contributed by atoms with E-state index in [-0.39, 0.29) is 5.41 Å². The largest absolute Gasteiger partial charge is 0.480 e. The van der Waals surface area contributed by atoms with Gasteiger partial charge < -0.3 is 15.2 Å². The molecule has 0 aliphatic heterocycles. The maximum Gasteiger partial charge on any atom is 0.350 e. The Hall–Kier alpha value is -2.00. The predicted octanol–water partition coefficient (Wildman–Crippen LogP) is 3.21. The number of carboxylic acids is 1. The molecule has 2 N–H and O–H groups in total. The lowest BCUT2D eigenvalue weighted by Crippen LogP contribution is -2.28. The Labute approximate surface area is 134 Å². The number of thiophene rings is 1. The van der Waals surface area contributed by atoms with Gasteiger partial charge in [0.25, 0.3) is 0 Å². The van der Waals surface area contributed by atoms with E-state index in [0.717, 1.165) is 0 Å². The summed E-state index contributed by atoms with van der Waals surface area (Å²) in [5.74, 6) is 4.64. The molecule has 0 aliphatic carbocycles. The highest BCUT2D eigenvalue weighted by molar-refractivity contribution is 7.15. The first-order valence-corrected chi connectivity index (χ1v) is 7.74. The van der Waals surface area contributed by atoms with Crippen LogP contribution in [0.2, 0.25) is 0 Å². The molecule has 1 aromatic heterocycles. The summed E-state index contributed by atoms with van der Waals surface area (Å²) in [5.41, 5.74) is 0.292. The molecule has 1 unspecified atom stereocenters. The first-order chi connectivity index (χ1) is 10.2. The van der Waals surface area contributed by atoms with Crippen molar-refractivity contribution in [2.75, 3.05) is 12.4 Å². The summed E-state index contributed by atoms with van der Waals surface area (Å²) in [5, 5.41) is 12.0. The third-order valence-electron chi connectivity index (χ3n) is 2.70. The van der Waals surface area contributed by atoms with E-state index in [1.54, 1.807) is 13.0 Å². The fourth-order valence-electron chi connectivity index (χ4n) is 1.58. The molecule has 0 amide bonds. The summed E-state index contributed by atoms with van der Waals surface area (Å²) in [7, 11) is 1.29. The lowest BCUT2D eigenvalue weighted by molar-refractivity contribution is -0.137. The fraction of sp³-hybridized carbons (Fsp3) is 0.500. The van der Waals surface area contributed by atoms with E-state index in [0.29, 0.717) is 21.9 Å². The molecule has 120 valence electrons. The van der Waals surface area contributed by atoms with E-state index in [9.17, 15) is 9.59 Å². The van der Waals surface area contributed by atoms with Crippen LogP contribution in [0, 0.1) is 17.3 Å². The van der Waals surface area contributed by atoms with E-state index in [1.165, 1.54) is 18.4 Å². The number of carboxylic acid groups (broad SMARTS) is 1. The van der Waals surface area contributed by atoms with Crippen molar-refractivity contribution in [2.45, 2.75) is 40.2 Å². The van der Waals surface area contributed by atoms with Crippen LogP contribution in [0.3, 0.4) is 0 Å². The third-order valence-corrected chi connectivity index (χ3v) is 3.73. The van der Waals surface area contributed by atoms with Crippen LogP contribution in [-0.4, -0.2) is 30.2 Å². The SMILES string of the molecule is CCC(Nc1cc(C#CC(C)(C)C)sc1C(=O)OC)C(=O)O. The molecule has 1 rings (SSSR count). The number of hydrogen-bond donors (Lipinski definition) is 2. The second-order valence-corrected chi connectivity index (χ2v) is 6.84. The zero-order chi connectivity index (χ0) is 16.9. The topological polar surface area (TPSA) is 75.6 Å². The monoisotopic (exact) mass is 323 g/mol. The average molecular weight is 323 g/mol. The fourth-order valence-corrected chi connectivity index (χ4v) is 2.47. The molecule has 1 aromatic rings. The lowest BCUT2D eigenvalue weighted by atomic mass is 9.98. The number of methoxy groups -OCH3 is 1. The molecular formula is C16H21NO4S. The predicted molar refractivity (Wildman–Crippen MR) is 87.3 cm³/mol. The smallest absolute Gasteiger partial charge is 0.350 e. The highest BCUT2D eigenvalue weighted by Crippen LogP contribution is 2.29. The van der Waals surface area contributed by atoms with Gasteiger partial charge in [-0.3, -0.25) is 0 Å². The first-order valence-electron chi connectivity index (χ1n) is 6.92. The molecule has 0 radical (unpaired) electrons. The Kier molecular flexibility index (Phi) is 6.01. The number of ether oxygens (including phenoxy) is 1. The highest BCUT2D eigenvalue weighted by atomic mass is 32.1. The molecule has 22 heavy (non-hydrogen) atoms. The van der Waals surface area contributed by atoms with Crippen LogP contribution in [0.1, 0.15) is 48.7 Å². The van der Waals surface area contributed by atoms with E-state index in [1.807, 2.05) is 20.8 Å². The molecule has 5 nitrogen and oxygen atoms in total. The van der Waals surface area contributed by atoms with Gasteiger partial charge in [0, 0.05) is 5.41 Å². The number of anilines is 1. The second-order valence-electron chi connectivity index (χ2n) is 5.79. The van der Waals surface area contributed by atoms with Gasteiger partial charge in [-0.25, -0.2) is 9.59 Å². The van der Waals surface area contributed by atoms with Crippen molar-refractivity contribution in [3.8, 4) is 11.8 Å². The van der Waals surface area contributed by atoms with Crippen molar-refractivity contribution < 1.29 is 19.4 Å². The van der Waals surface area contributed by atoms with E-state index in [4.69, 9.17) is 9.84 Å². The maximum atomic E-state index is 11.8. The molecule has 0 fully saturated rings. The summed E-state index contributed by atoms with van der Waals surface area (Å²) in [6.07, 6.45) is 0.398.